The zero-order valence-electron chi connectivity index (χ0n) is 14.1. The zero-order valence-corrected chi connectivity index (χ0v) is 15.6. The lowest BCUT2D eigenvalue weighted by molar-refractivity contribution is -0.120. The monoisotopic (exact) mass is 390 g/mol. The van der Waals surface area contributed by atoms with Gasteiger partial charge in [-0.25, -0.2) is 4.39 Å². The highest BCUT2D eigenvalue weighted by Gasteiger charge is 2.63. The molecule has 1 amide bonds. The second-order valence-electron chi connectivity index (χ2n) is 6.91. The molecular weight excluding hydrogens is 375 g/mol. The summed E-state index contributed by atoms with van der Waals surface area (Å²) >= 11 is 11.6. The van der Waals surface area contributed by atoms with Gasteiger partial charge in [0, 0.05) is 41.3 Å². The van der Waals surface area contributed by atoms with E-state index in [0.29, 0.717) is 21.9 Å². The van der Waals surface area contributed by atoms with Crippen LogP contribution in [0.3, 0.4) is 0 Å². The third-order valence-electron chi connectivity index (χ3n) is 5.51. The molecule has 26 heavy (non-hydrogen) atoms. The van der Waals surface area contributed by atoms with Crippen LogP contribution >= 0.6 is 23.8 Å². The molecule has 1 aromatic heterocycles. The minimum Gasteiger partial charge on any atom is -0.343 e. The van der Waals surface area contributed by atoms with E-state index in [9.17, 15) is 9.18 Å². The third-order valence-corrected chi connectivity index (χ3v) is 6.24. The van der Waals surface area contributed by atoms with Crippen LogP contribution in [0.25, 0.3) is 0 Å². The van der Waals surface area contributed by atoms with Crippen molar-refractivity contribution in [3.8, 4) is 6.07 Å². The Labute approximate surface area is 160 Å². The fraction of sp³-hybridized carbons (Fsp3) is 0.389. The number of halogens is 2. The van der Waals surface area contributed by atoms with Gasteiger partial charge < -0.3 is 14.5 Å². The van der Waals surface area contributed by atoms with Crippen molar-refractivity contribution in [1.29, 1.82) is 5.26 Å². The van der Waals surface area contributed by atoms with Gasteiger partial charge in [-0.1, -0.05) is 11.6 Å². The molecule has 1 saturated carbocycles. The van der Waals surface area contributed by atoms with Crippen LogP contribution in [0.2, 0.25) is 5.02 Å². The van der Waals surface area contributed by atoms with Crippen molar-refractivity contribution in [3.05, 3.63) is 50.8 Å². The van der Waals surface area contributed by atoms with Crippen molar-refractivity contribution < 1.29 is 9.18 Å². The normalized spacial score (nSPS) is 22.5. The van der Waals surface area contributed by atoms with Gasteiger partial charge in [0.05, 0.1) is 12.5 Å². The highest BCUT2D eigenvalue weighted by Crippen LogP contribution is 2.66. The maximum absolute atomic E-state index is 14.5. The molecule has 8 heteroatoms. The molecule has 1 aromatic carbocycles. The molecule has 0 spiro atoms. The summed E-state index contributed by atoms with van der Waals surface area (Å²) in [7, 11) is 1.84. The van der Waals surface area contributed by atoms with Crippen molar-refractivity contribution in [1.82, 2.24) is 14.5 Å². The van der Waals surface area contributed by atoms with Crippen LogP contribution in [0, 0.1) is 21.9 Å². The molecular formula is C18H16ClFN4OS. The molecule has 1 aliphatic heterocycles. The van der Waals surface area contributed by atoms with Crippen LogP contribution in [0.15, 0.2) is 18.2 Å². The van der Waals surface area contributed by atoms with E-state index in [1.807, 2.05) is 22.3 Å². The van der Waals surface area contributed by atoms with Crippen LogP contribution in [0.4, 0.5) is 4.39 Å². The molecule has 2 atom stereocenters. The average Bonchev–Trinajstić information content (AvgIpc) is 3.17. The molecule has 2 aromatic rings. The maximum Gasteiger partial charge on any atom is 0.226 e. The van der Waals surface area contributed by atoms with Crippen LogP contribution in [0.5, 0.6) is 0 Å². The van der Waals surface area contributed by atoms with Gasteiger partial charge in [-0.3, -0.25) is 4.79 Å². The molecule has 0 radical (unpaired) electrons. The Morgan fingerprint density at radius 3 is 3.08 bits per heavy atom. The Hall–Kier alpha value is -2.17. The summed E-state index contributed by atoms with van der Waals surface area (Å²) < 4.78 is 18.9. The first-order chi connectivity index (χ1) is 12.4. The molecule has 2 aliphatic rings. The molecule has 2 heterocycles. The minimum absolute atomic E-state index is 0.0274. The topological polar surface area (TPSA) is 62.8 Å². The SMILES string of the molecule is Cn1c(CC(=O)NCC#N)c2n(c1=S)C[C@@]1(c3cc(Cl)ccc3F)C[C@@H]21. The number of nitriles is 1. The Morgan fingerprint density at radius 2 is 2.35 bits per heavy atom. The van der Waals surface area contributed by atoms with Gasteiger partial charge in [-0.05, 0) is 42.4 Å². The number of aromatic nitrogens is 2. The van der Waals surface area contributed by atoms with Crippen LogP contribution in [-0.4, -0.2) is 21.6 Å². The molecule has 0 unspecified atom stereocenters. The van der Waals surface area contributed by atoms with Gasteiger partial charge in [0.1, 0.15) is 12.4 Å². The number of carbonyl (C=O) groups excluding carboxylic acids is 1. The quantitative estimate of drug-likeness (QED) is 0.644. The van der Waals surface area contributed by atoms with Crippen molar-refractivity contribution >= 4 is 29.7 Å². The lowest BCUT2D eigenvalue weighted by Crippen LogP contribution is -2.26. The standard InChI is InChI=1S/C18H16ClFN4OS/c1-23-14(7-15(25)22-5-4-21)16-12-8-18(12,9-24(16)17(23)26)11-6-10(19)2-3-13(11)20/h2-3,6,12H,5,7-9H2,1H3,(H,22,25)/t12-,18+/m0/s1. The van der Waals surface area contributed by atoms with E-state index in [0.717, 1.165) is 17.8 Å². The van der Waals surface area contributed by atoms with Gasteiger partial charge in [0.2, 0.25) is 5.91 Å². The van der Waals surface area contributed by atoms with E-state index in [-0.39, 0.29) is 36.0 Å². The number of hydrogen-bond donors (Lipinski definition) is 1. The molecule has 1 N–H and O–H groups in total. The maximum atomic E-state index is 14.5. The second kappa shape index (κ2) is 5.93. The zero-order chi connectivity index (χ0) is 18.6. The molecule has 4 rings (SSSR count). The van der Waals surface area contributed by atoms with Gasteiger partial charge in [0.25, 0.3) is 0 Å². The first kappa shape index (κ1) is 17.3. The smallest absolute Gasteiger partial charge is 0.226 e. The van der Waals surface area contributed by atoms with Gasteiger partial charge in [-0.2, -0.15) is 5.26 Å². The van der Waals surface area contributed by atoms with Gasteiger partial charge in [0.15, 0.2) is 4.77 Å². The van der Waals surface area contributed by atoms with Crippen molar-refractivity contribution in [2.75, 3.05) is 6.54 Å². The molecule has 1 aliphatic carbocycles. The van der Waals surface area contributed by atoms with E-state index in [1.165, 1.54) is 6.07 Å². The van der Waals surface area contributed by atoms with Crippen molar-refractivity contribution in [3.63, 3.8) is 0 Å². The van der Waals surface area contributed by atoms with Gasteiger partial charge in [-0.15, -0.1) is 0 Å². The van der Waals surface area contributed by atoms with Crippen molar-refractivity contribution in [2.45, 2.75) is 30.7 Å². The van der Waals surface area contributed by atoms with E-state index in [1.54, 1.807) is 12.1 Å². The molecule has 5 nitrogen and oxygen atoms in total. The lowest BCUT2D eigenvalue weighted by atomic mass is 9.93. The van der Waals surface area contributed by atoms with Crippen LogP contribution in [0.1, 0.15) is 29.3 Å². The summed E-state index contributed by atoms with van der Waals surface area (Å²) in [5.41, 5.74) is 2.13. The number of imidazole rings is 1. The van der Waals surface area contributed by atoms with E-state index in [2.05, 4.69) is 5.32 Å². The predicted molar refractivity (Wildman–Crippen MR) is 97.0 cm³/mol. The summed E-state index contributed by atoms with van der Waals surface area (Å²) in [6.45, 7) is 0.567. The number of nitrogens with zero attached hydrogens (tertiary/aromatic N) is 3. The Kier molecular flexibility index (Phi) is 3.94. The van der Waals surface area contributed by atoms with E-state index in [4.69, 9.17) is 29.1 Å². The summed E-state index contributed by atoms with van der Waals surface area (Å²) in [6.07, 6.45) is 0.963. The molecule has 1 fully saturated rings. The average molecular weight is 391 g/mol. The second-order valence-corrected chi connectivity index (χ2v) is 7.71. The minimum atomic E-state index is -0.329. The Morgan fingerprint density at radius 1 is 1.58 bits per heavy atom. The fourth-order valence-corrected chi connectivity index (χ4v) is 4.66. The highest BCUT2D eigenvalue weighted by molar-refractivity contribution is 7.71. The summed E-state index contributed by atoms with van der Waals surface area (Å²) in [5.74, 6) is -0.360. The van der Waals surface area contributed by atoms with E-state index < -0.39 is 0 Å². The van der Waals surface area contributed by atoms with Crippen LogP contribution in [-0.2, 0) is 30.2 Å². The summed E-state index contributed by atoms with van der Waals surface area (Å²) in [5, 5.41) is 11.7. The summed E-state index contributed by atoms with van der Waals surface area (Å²) in [6, 6.07) is 6.55. The number of carbonyl (C=O) groups is 1. The number of benzene rings is 1. The Balaban J connectivity index is 1.72. The predicted octanol–water partition coefficient (Wildman–Crippen LogP) is 2.97. The number of amides is 1. The largest absolute Gasteiger partial charge is 0.343 e. The first-order valence-electron chi connectivity index (χ1n) is 8.26. The molecule has 0 saturated heterocycles. The van der Waals surface area contributed by atoms with Crippen LogP contribution < -0.4 is 5.32 Å². The highest BCUT2D eigenvalue weighted by atomic mass is 35.5. The van der Waals surface area contributed by atoms with E-state index >= 15 is 0 Å². The Bertz CT molecular complexity index is 1040. The lowest BCUT2D eigenvalue weighted by Gasteiger charge is -2.15. The number of nitrogens with one attached hydrogen (secondary N) is 1. The number of fused-ring (bicyclic) bond motifs is 3. The number of rotatable bonds is 4. The fourth-order valence-electron chi connectivity index (χ4n) is 4.21. The molecule has 0 bridgehead atoms. The summed E-state index contributed by atoms with van der Waals surface area (Å²) in [4.78, 5) is 12.1. The number of hydrogen-bond acceptors (Lipinski definition) is 3. The van der Waals surface area contributed by atoms with Crippen molar-refractivity contribution in [2.24, 2.45) is 7.05 Å². The third kappa shape index (κ3) is 2.40. The first-order valence-corrected chi connectivity index (χ1v) is 9.05. The molecule has 134 valence electrons. The van der Waals surface area contributed by atoms with Gasteiger partial charge >= 0.3 is 0 Å².